The molecule has 136 valence electrons. The molecule has 0 saturated carbocycles. The van der Waals surface area contributed by atoms with Gasteiger partial charge in [-0.2, -0.15) is 0 Å². The number of carbonyl (C=O) groups excluding carboxylic acids is 2. The standard InChI is InChI=1S/C21H24N2O2S/c1-4-14-26-19-13-9-7-11-17(19)21(25)23-18-12-8-6-10-16(18)20(24)22-15(3)5-2/h4,6-13,15H,1,5,14H2,2-3H3,(H,22,24)(H,23,25)/t15-/m0/s1. The van der Waals surface area contributed by atoms with Gasteiger partial charge in [0.2, 0.25) is 0 Å². The van der Waals surface area contributed by atoms with Gasteiger partial charge in [0, 0.05) is 16.7 Å². The SMILES string of the molecule is C=CCSc1ccccc1C(=O)Nc1ccccc1C(=O)N[C@@H](C)CC. The van der Waals surface area contributed by atoms with Gasteiger partial charge in [-0.25, -0.2) is 0 Å². The maximum atomic E-state index is 12.8. The first-order chi connectivity index (χ1) is 12.6. The highest BCUT2D eigenvalue weighted by molar-refractivity contribution is 7.99. The van der Waals surface area contributed by atoms with Crippen molar-refractivity contribution in [2.75, 3.05) is 11.1 Å². The van der Waals surface area contributed by atoms with Gasteiger partial charge < -0.3 is 10.6 Å². The molecule has 0 unspecified atom stereocenters. The Labute approximate surface area is 159 Å². The van der Waals surface area contributed by atoms with Crippen molar-refractivity contribution in [1.29, 1.82) is 0 Å². The predicted octanol–water partition coefficient (Wildman–Crippen LogP) is 4.75. The fourth-order valence-corrected chi connectivity index (χ4v) is 3.10. The Kier molecular flexibility index (Phi) is 7.48. The third-order valence-corrected chi connectivity index (χ3v) is 4.97. The number of thioether (sulfide) groups is 1. The van der Waals surface area contributed by atoms with Gasteiger partial charge in [0.1, 0.15) is 0 Å². The van der Waals surface area contributed by atoms with Crippen LogP contribution in [0.15, 0.2) is 66.1 Å². The summed E-state index contributed by atoms with van der Waals surface area (Å²) < 4.78 is 0. The molecule has 2 rings (SSSR count). The van der Waals surface area contributed by atoms with Crippen molar-refractivity contribution in [2.45, 2.75) is 31.2 Å². The number of amides is 2. The first kappa shape index (κ1) is 19.8. The highest BCUT2D eigenvalue weighted by Gasteiger charge is 2.17. The van der Waals surface area contributed by atoms with Gasteiger partial charge in [-0.3, -0.25) is 9.59 Å². The maximum absolute atomic E-state index is 12.8. The van der Waals surface area contributed by atoms with Gasteiger partial charge >= 0.3 is 0 Å². The van der Waals surface area contributed by atoms with Gasteiger partial charge in [0.05, 0.1) is 16.8 Å². The average Bonchev–Trinajstić information content (AvgIpc) is 2.66. The first-order valence-corrected chi connectivity index (χ1v) is 9.59. The van der Waals surface area contributed by atoms with Crippen molar-refractivity contribution in [3.05, 3.63) is 72.3 Å². The van der Waals surface area contributed by atoms with Gasteiger partial charge in [-0.05, 0) is 37.6 Å². The molecular formula is C21H24N2O2S. The Morgan fingerprint density at radius 1 is 1.08 bits per heavy atom. The van der Waals surface area contributed by atoms with Crippen LogP contribution >= 0.6 is 11.8 Å². The van der Waals surface area contributed by atoms with E-state index in [1.54, 1.807) is 48.2 Å². The summed E-state index contributed by atoms with van der Waals surface area (Å²) in [6.45, 7) is 7.67. The molecule has 0 heterocycles. The zero-order valence-corrected chi connectivity index (χ0v) is 15.9. The number of carbonyl (C=O) groups is 2. The molecule has 5 heteroatoms. The van der Waals surface area contributed by atoms with Crippen LogP contribution in [-0.4, -0.2) is 23.6 Å². The van der Waals surface area contributed by atoms with Gasteiger partial charge in [0.15, 0.2) is 0 Å². The number of hydrogen-bond acceptors (Lipinski definition) is 3. The Morgan fingerprint density at radius 3 is 2.42 bits per heavy atom. The molecule has 0 fully saturated rings. The number of rotatable bonds is 8. The van der Waals surface area contributed by atoms with Crippen LogP contribution in [0.25, 0.3) is 0 Å². The lowest BCUT2D eigenvalue weighted by Crippen LogP contribution is -2.32. The topological polar surface area (TPSA) is 58.2 Å². The van der Waals surface area contributed by atoms with E-state index < -0.39 is 0 Å². The molecule has 0 aliphatic rings. The molecule has 0 aliphatic carbocycles. The van der Waals surface area contributed by atoms with Crippen LogP contribution in [0.2, 0.25) is 0 Å². The zero-order valence-electron chi connectivity index (χ0n) is 15.1. The highest BCUT2D eigenvalue weighted by atomic mass is 32.2. The predicted molar refractivity (Wildman–Crippen MR) is 109 cm³/mol. The zero-order chi connectivity index (χ0) is 18.9. The second-order valence-electron chi connectivity index (χ2n) is 5.88. The Balaban J connectivity index is 2.23. The van der Waals surface area contributed by atoms with Gasteiger partial charge in [0.25, 0.3) is 11.8 Å². The molecule has 0 spiro atoms. The molecule has 0 saturated heterocycles. The fourth-order valence-electron chi connectivity index (χ4n) is 2.31. The van der Waals surface area contributed by atoms with Gasteiger partial charge in [-0.1, -0.05) is 37.3 Å². The fraction of sp³-hybridized carbons (Fsp3) is 0.238. The molecule has 2 N–H and O–H groups in total. The molecule has 2 aromatic rings. The second-order valence-corrected chi connectivity index (χ2v) is 6.94. The smallest absolute Gasteiger partial charge is 0.256 e. The maximum Gasteiger partial charge on any atom is 0.256 e. The van der Waals surface area contributed by atoms with Crippen LogP contribution < -0.4 is 10.6 Å². The number of para-hydroxylation sites is 1. The number of anilines is 1. The van der Waals surface area contributed by atoms with Crippen molar-refractivity contribution < 1.29 is 9.59 Å². The summed E-state index contributed by atoms with van der Waals surface area (Å²) in [7, 11) is 0. The summed E-state index contributed by atoms with van der Waals surface area (Å²) >= 11 is 1.55. The third kappa shape index (κ3) is 5.23. The second kappa shape index (κ2) is 9.82. The molecule has 0 aliphatic heterocycles. The molecule has 0 radical (unpaired) electrons. The number of benzene rings is 2. The minimum atomic E-state index is -0.235. The highest BCUT2D eigenvalue weighted by Crippen LogP contribution is 2.24. The Morgan fingerprint density at radius 2 is 1.73 bits per heavy atom. The summed E-state index contributed by atoms with van der Waals surface area (Å²) in [6, 6.07) is 14.5. The van der Waals surface area contributed by atoms with Gasteiger partial charge in [-0.15, -0.1) is 18.3 Å². The lowest BCUT2D eigenvalue weighted by Gasteiger charge is -2.15. The van der Waals surface area contributed by atoms with Crippen LogP contribution in [0, 0.1) is 0 Å². The molecule has 2 amide bonds. The van der Waals surface area contributed by atoms with E-state index in [2.05, 4.69) is 17.2 Å². The van der Waals surface area contributed by atoms with E-state index in [1.165, 1.54) is 0 Å². The van der Waals surface area contributed by atoms with E-state index >= 15 is 0 Å². The molecule has 1 atom stereocenters. The lowest BCUT2D eigenvalue weighted by molar-refractivity contribution is 0.0940. The van der Waals surface area contributed by atoms with Crippen molar-refractivity contribution in [1.82, 2.24) is 5.32 Å². The van der Waals surface area contributed by atoms with E-state index in [1.807, 2.05) is 32.0 Å². The largest absolute Gasteiger partial charge is 0.350 e. The summed E-state index contributed by atoms with van der Waals surface area (Å²) in [6.07, 6.45) is 2.64. The Hall–Kier alpha value is -2.53. The normalized spacial score (nSPS) is 11.5. The molecule has 0 aromatic heterocycles. The first-order valence-electron chi connectivity index (χ1n) is 8.60. The van der Waals surface area contributed by atoms with E-state index in [0.29, 0.717) is 16.8 Å². The monoisotopic (exact) mass is 368 g/mol. The third-order valence-electron chi connectivity index (χ3n) is 3.90. The summed E-state index contributed by atoms with van der Waals surface area (Å²) in [4.78, 5) is 26.1. The molecule has 26 heavy (non-hydrogen) atoms. The lowest BCUT2D eigenvalue weighted by atomic mass is 10.1. The van der Waals surface area contributed by atoms with E-state index in [-0.39, 0.29) is 17.9 Å². The molecule has 4 nitrogen and oxygen atoms in total. The van der Waals surface area contributed by atoms with E-state index in [0.717, 1.165) is 17.1 Å². The molecular weight excluding hydrogens is 344 g/mol. The van der Waals surface area contributed by atoms with E-state index in [9.17, 15) is 9.59 Å². The summed E-state index contributed by atoms with van der Waals surface area (Å²) in [5.41, 5.74) is 1.54. The minimum absolute atomic E-state index is 0.0716. The minimum Gasteiger partial charge on any atom is -0.350 e. The Bertz CT molecular complexity index is 789. The van der Waals surface area contributed by atoms with Crippen LogP contribution in [0.5, 0.6) is 0 Å². The van der Waals surface area contributed by atoms with Crippen molar-refractivity contribution >= 4 is 29.3 Å². The summed E-state index contributed by atoms with van der Waals surface area (Å²) in [5, 5.41) is 5.81. The van der Waals surface area contributed by atoms with Crippen LogP contribution in [0.1, 0.15) is 41.0 Å². The molecule has 2 aromatic carbocycles. The summed E-state index contributed by atoms with van der Waals surface area (Å²) in [5.74, 6) is 0.295. The van der Waals surface area contributed by atoms with Crippen molar-refractivity contribution in [2.24, 2.45) is 0 Å². The molecule has 0 bridgehead atoms. The number of nitrogens with one attached hydrogen (secondary N) is 2. The van der Waals surface area contributed by atoms with Crippen LogP contribution in [0.4, 0.5) is 5.69 Å². The van der Waals surface area contributed by atoms with Crippen LogP contribution in [-0.2, 0) is 0 Å². The average molecular weight is 369 g/mol. The van der Waals surface area contributed by atoms with E-state index in [4.69, 9.17) is 0 Å². The van der Waals surface area contributed by atoms with Crippen LogP contribution in [0.3, 0.4) is 0 Å². The quantitative estimate of drug-likeness (QED) is 0.522. The number of hydrogen-bond donors (Lipinski definition) is 2. The van der Waals surface area contributed by atoms with Crippen molar-refractivity contribution in [3.63, 3.8) is 0 Å². The van der Waals surface area contributed by atoms with Crippen molar-refractivity contribution in [3.8, 4) is 0 Å².